The van der Waals surface area contributed by atoms with Crippen LogP contribution in [0, 0.1) is 18.3 Å². The molecule has 0 amide bonds. The van der Waals surface area contributed by atoms with Crippen LogP contribution in [0.25, 0.3) is 0 Å². The van der Waals surface area contributed by atoms with Gasteiger partial charge in [-0.3, -0.25) is 4.99 Å². The Morgan fingerprint density at radius 1 is 1.52 bits per heavy atom. The van der Waals surface area contributed by atoms with Gasteiger partial charge in [-0.25, -0.2) is 4.98 Å². The number of fused-ring (bicyclic) bond motifs is 1. The summed E-state index contributed by atoms with van der Waals surface area (Å²) < 4.78 is 6.02. The molecule has 3 rings (SSSR count). The Balaban J connectivity index is 0.00000225. The molecule has 1 aromatic rings. The van der Waals surface area contributed by atoms with Gasteiger partial charge in [0.25, 0.3) is 0 Å². The van der Waals surface area contributed by atoms with Crippen molar-refractivity contribution in [2.75, 3.05) is 20.2 Å². The number of rotatable bonds is 4. The molecule has 1 N–H and O–H groups in total. The molecule has 2 heterocycles. The smallest absolute Gasteiger partial charge is 0.194 e. The maximum absolute atomic E-state index is 6.02. The first-order valence-electron chi connectivity index (χ1n) is 8.98. The molecular weight excluding hydrogens is 447 g/mol. The van der Waals surface area contributed by atoms with Crippen molar-refractivity contribution in [3.63, 3.8) is 0 Å². The summed E-state index contributed by atoms with van der Waals surface area (Å²) in [6, 6.07) is 0.424. The Hall–Kier alpha value is -0.410. The average Bonchev–Trinajstić information content (AvgIpc) is 2.96. The van der Waals surface area contributed by atoms with Crippen LogP contribution in [-0.4, -0.2) is 48.2 Å². The summed E-state index contributed by atoms with van der Waals surface area (Å²) in [6.45, 7) is 11.2. The lowest BCUT2D eigenvalue weighted by atomic mass is 9.55. The van der Waals surface area contributed by atoms with Crippen molar-refractivity contribution in [1.29, 1.82) is 0 Å². The number of aromatic nitrogens is 1. The summed E-state index contributed by atoms with van der Waals surface area (Å²) in [7, 11) is 2.09. The second-order valence-corrected chi connectivity index (χ2v) is 8.61. The first-order chi connectivity index (χ1) is 11.4. The molecule has 25 heavy (non-hydrogen) atoms. The highest BCUT2D eigenvalue weighted by Gasteiger charge is 2.58. The monoisotopic (exact) mass is 478 g/mol. The standard InChI is InChI=1S/C18H30N4OS.HI/c1-6-19-17(22(5)10-13-11-24-12(2)20-13)21-15-14-8-7-9-23-16(14)18(15,3)4;/h11,14-16H,6-10H2,1-5H3,(H,19,21);1H. The summed E-state index contributed by atoms with van der Waals surface area (Å²) in [5.74, 6) is 1.58. The fraction of sp³-hybridized carbons (Fsp3) is 0.778. The topological polar surface area (TPSA) is 49.8 Å². The fourth-order valence-electron chi connectivity index (χ4n) is 4.18. The van der Waals surface area contributed by atoms with Crippen LogP contribution in [0.3, 0.4) is 0 Å². The van der Waals surface area contributed by atoms with Gasteiger partial charge in [-0.05, 0) is 26.7 Å². The number of halogens is 1. The Labute approximate surface area is 172 Å². The highest BCUT2D eigenvalue weighted by molar-refractivity contribution is 14.0. The highest BCUT2D eigenvalue weighted by atomic mass is 127. The van der Waals surface area contributed by atoms with Crippen molar-refractivity contribution in [1.82, 2.24) is 15.2 Å². The first kappa shape index (κ1) is 20.9. The summed E-state index contributed by atoms with van der Waals surface area (Å²) >= 11 is 1.70. The van der Waals surface area contributed by atoms with Crippen LogP contribution >= 0.6 is 35.3 Å². The van der Waals surface area contributed by atoms with E-state index in [1.165, 1.54) is 12.8 Å². The second kappa shape index (κ2) is 8.52. The van der Waals surface area contributed by atoms with E-state index in [-0.39, 0.29) is 29.4 Å². The number of aliphatic imine (C=N–C) groups is 1. The summed E-state index contributed by atoms with van der Waals surface area (Å²) in [5, 5.41) is 6.99. The van der Waals surface area contributed by atoms with Crippen molar-refractivity contribution >= 4 is 41.3 Å². The lowest BCUT2D eigenvalue weighted by Crippen LogP contribution is -2.71. The van der Waals surface area contributed by atoms with Crippen molar-refractivity contribution in [3.8, 4) is 0 Å². The van der Waals surface area contributed by atoms with E-state index in [9.17, 15) is 0 Å². The number of ether oxygens (including phenoxy) is 1. The molecule has 142 valence electrons. The third-order valence-corrected chi connectivity index (χ3v) is 6.17. The first-order valence-corrected chi connectivity index (χ1v) is 9.86. The van der Waals surface area contributed by atoms with Gasteiger partial charge in [-0.2, -0.15) is 0 Å². The van der Waals surface area contributed by atoms with Gasteiger partial charge in [0.2, 0.25) is 0 Å². The minimum absolute atomic E-state index is 0. The number of guanidine groups is 1. The minimum atomic E-state index is 0. The van der Waals surface area contributed by atoms with Gasteiger partial charge < -0.3 is 15.0 Å². The van der Waals surface area contributed by atoms with Gasteiger partial charge in [0.05, 0.1) is 23.4 Å². The van der Waals surface area contributed by atoms with E-state index in [0.29, 0.717) is 18.1 Å². The van der Waals surface area contributed by atoms with Crippen LogP contribution in [0.4, 0.5) is 0 Å². The van der Waals surface area contributed by atoms with E-state index in [0.717, 1.165) is 36.4 Å². The Morgan fingerprint density at radius 3 is 2.92 bits per heavy atom. The van der Waals surface area contributed by atoms with Gasteiger partial charge in [-0.1, -0.05) is 13.8 Å². The van der Waals surface area contributed by atoms with E-state index in [4.69, 9.17) is 9.73 Å². The van der Waals surface area contributed by atoms with Gasteiger partial charge in [-0.15, -0.1) is 35.3 Å². The molecular formula is C18H31IN4OS. The maximum Gasteiger partial charge on any atom is 0.194 e. The molecule has 1 aliphatic carbocycles. The highest BCUT2D eigenvalue weighted by Crippen LogP contribution is 2.51. The zero-order chi connectivity index (χ0) is 17.3. The van der Waals surface area contributed by atoms with Crippen molar-refractivity contribution in [3.05, 3.63) is 16.1 Å². The van der Waals surface area contributed by atoms with Crippen molar-refractivity contribution in [2.24, 2.45) is 16.3 Å². The fourth-order valence-corrected chi connectivity index (χ4v) is 4.78. The van der Waals surface area contributed by atoms with Crippen LogP contribution in [-0.2, 0) is 11.3 Å². The molecule has 1 aliphatic heterocycles. The molecule has 3 unspecified atom stereocenters. The number of aryl methyl sites for hydroxylation is 1. The molecule has 1 saturated carbocycles. The number of nitrogens with zero attached hydrogens (tertiary/aromatic N) is 3. The van der Waals surface area contributed by atoms with E-state index in [1.54, 1.807) is 11.3 Å². The molecule has 0 radical (unpaired) electrons. The molecule has 0 aromatic carbocycles. The molecule has 7 heteroatoms. The molecule has 5 nitrogen and oxygen atoms in total. The zero-order valence-electron chi connectivity index (χ0n) is 15.9. The Morgan fingerprint density at radius 2 is 2.28 bits per heavy atom. The normalized spacial score (nSPS) is 27.7. The zero-order valence-corrected chi connectivity index (χ0v) is 19.1. The van der Waals surface area contributed by atoms with Crippen LogP contribution in [0.15, 0.2) is 10.4 Å². The number of hydrogen-bond acceptors (Lipinski definition) is 4. The lowest BCUT2D eigenvalue weighted by Gasteiger charge is -2.60. The lowest BCUT2D eigenvalue weighted by molar-refractivity contribution is -0.188. The summed E-state index contributed by atoms with van der Waals surface area (Å²) in [5.41, 5.74) is 1.26. The van der Waals surface area contributed by atoms with E-state index in [2.05, 4.69) is 48.4 Å². The number of hydrogen-bond donors (Lipinski definition) is 1. The molecule has 1 aromatic heterocycles. The van der Waals surface area contributed by atoms with E-state index < -0.39 is 0 Å². The Kier molecular flexibility index (Phi) is 7.12. The number of thiazole rings is 1. The van der Waals surface area contributed by atoms with Gasteiger partial charge in [0.15, 0.2) is 5.96 Å². The van der Waals surface area contributed by atoms with Crippen LogP contribution in [0.1, 0.15) is 44.3 Å². The number of nitrogens with one attached hydrogen (secondary N) is 1. The maximum atomic E-state index is 6.02. The summed E-state index contributed by atoms with van der Waals surface area (Å²) in [4.78, 5) is 11.5. The van der Waals surface area contributed by atoms with Gasteiger partial charge >= 0.3 is 0 Å². The quantitative estimate of drug-likeness (QED) is 0.408. The van der Waals surface area contributed by atoms with E-state index in [1.807, 2.05) is 6.92 Å². The summed E-state index contributed by atoms with van der Waals surface area (Å²) in [6.07, 6.45) is 2.81. The third-order valence-electron chi connectivity index (χ3n) is 5.35. The molecule has 1 saturated heterocycles. The molecule has 2 aliphatic rings. The van der Waals surface area contributed by atoms with Crippen molar-refractivity contribution < 1.29 is 4.74 Å². The third kappa shape index (κ3) is 4.30. The predicted molar refractivity (Wildman–Crippen MR) is 115 cm³/mol. The van der Waals surface area contributed by atoms with E-state index >= 15 is 0 Å². The average molecular weight is 478 g/mol. The molecule has 0 spiro atoms. The molecule has 3 atom stereocenters. The largest absolute Gasteiger partial charge is 0.377 e. The van der Waals surface area contributed by atoms with Crippen molar-refractivity contribution in [2.45, 2.75) is 59.2 Å². The molecule has 0 bridgehead atoms. The van der Waals surface area contributed by atoms with Crippen LogP contribution < -0.4 is 5.32 Å². The second-order valence-electron chi connectivity index (χ2n) is 7.55. The Bertz CT molecular complexity index is 604. The van der Waals surface area contributed by atoms with Gasteiger partial charge in [0.1, 0.15) is 0 Å². The van der Waals surface area contributed by atoms with Crippen LogP contribution in [0.5, 0.6) is 0 Å². The minimum Gasteiger partial charge on any atom is -0.377 e. The predicted octanol–water partition coefficient (Wildman–Crippen LogP) is 3.67. The SMILES string of the molecule is CCN=C(NC1C2CCCOC2C1(C)C)N(C)Cc1csc(C)n1.I. The van der Waals surface area contributed by atoms with Crippen LogP contribution in [0.2, 0.25) is 0 Å². The van der Waals surface area contributed by atoms with Gasteiger partial charge in [0, 0.05) is 43.0 Å². The molecule has 2 fully saturated rings.